The van der Waals surface area contributed by atoms with Gasteiger partial charge in [0.1, 0.15) is 23.8 Å². The second kappa shape index (κ2) is 11.0. The molecule has 1 saturated carbocycles. The van der Waals surface area contributed by atoms with E-state index in [0.29, 0.717) is 31.4 Å². The molecule has 240 valence electrons. The van der Waals surface area contributed by atoms with E-state index < -0.39 is 17.4 Å². The molecule has 4 aromatic heterocycles. The standard InChI is InChI=1S/C32H34F3N9O2/c33-32(34,35)26-9-21(14-42-16-30(17-42)18-45-19-30)10-27(41-26)46-24-2-7-43(8-3-24)23-11-31(12-23,4-5-36)44-15-22(13-40-44)28-25-1-6-37-29(25)39-20-38-28/h1,6,9-10,13,15,20,23-24H,2-4,7-8,11-12,14,16-19H2,(H,37,38,39). The number of pyridine rings is 1. The van der Waals surface area contributed by atoms with Crippen molar-refractivity contribution in [2.45, 2.75) is 62.5 Å². The molecule has 46 heavy (non-hydrogen) atoms. The summed E-state index contributed by atoms with van der Waals surface area (Å²) in [6.45, 7) is 5.09. The van der Waals surface area contributed by atoms with E-state index in [9.17, 15) is 18.4 Å². The van der Waals surface area contributed by atoms with Crippen molar-refractivity contribution >= 4 is 11.0 Å². The Kier molecular flexibility index (Phi) is 7.04. The first-order valence-corrected chi connectivity index (χ1v) is 15.7. The lowest BCUT2D eigenvalue weighted by Crippen LogP contribution is -2.65. The number of nitrogens with one attached hydrogen (secondary N) is 1. The Balaban J connectivity index is 0.893. The second-order valence-corrected chi connectivity index (χ2v) is 13.4. The molecular formula is C32H34F3N9O2. The molecule has 1 spiro atoms. The van der Waals surface area contributed by atoms with Crippen LogP contribution in [0.25, 0.3) is 22.3 Å². The van der Waals surface area contributed by atoms with Crippen LogP contribution in [0.3, 0.4) is 0 Å². The molecule has 4 aromatic rings. The van der Waals surface area contributed by atoms with Crippen LogP contribution in [0.5, 0.6) is 5.88 Å². The number of fused-ring (bicyclic) bond motifs is 1. The van der Waals surface area contributed by atoms with Crippen LogP contribution in [0.4, 0.5) is 13.2 Å². The molecule has 4 aliphatic rings. The summed E-state index contributed by atoms with van der Waals surface area (Å²) in [4.78, 5) is 20.2. The maximum atomic E-state index is 13.7. The highest BCUT2D eigenvalue weighted by Crippen LogP contribution is 2.46. The molecule has 0 radical (unpaired) electrons. The third-order valence-electron chi connectivity index (χ3n) is 10.1. The molecular weight excluding hydrogens is 599 g/mol. The number of piperidine rings is 1. The minimum atomic E-state index is -4.55. The van der Waals surface area contributed by atoms with Crippen LogP contribution < -0.4 is 4.74 Å². The van der Waals surface area contributed by atoms with Gasteiger partial charge in [0.15, 0.2) is 0 Å². The fourth-order valence-electron chi connectivity index (χ4n) is 7.67. The van der Waals surface area contributed by atoms with Crippen molar-refractivity contribution in [3.05, 3.63) is 54.4 Å². The zero-order valence-corrected chi connectivity index (χ0v) is 25.2. The van der Waals surface area contributed by atoms with Crippen molar-refractivity contribution < 1.29 is 22.6 Å². The highest BCUT2D eigenvalue weighted by atomic mass is 19.4. The lowest BCUT2D eigenvalue weighted by molar-refractivity contribution is -0.191. The summed E-state index contributed by atoms with van der Waals surface area (Å²) < 4.78 is 54.5. The van der Waals surface area contributed by atoms with Crippen molar-refractivity contribution in [2.24, 2.45) is 5.41 Å². The van der Waals surface area contributed by atoms with E-state index >= 15 is 0 Å². The van der Waals surface area contributed by atoms with Gasteiger partial charge in [-0.25, -0.2) is 15.0 Å². The monoisotopic (exact) mass is 633 g/mol. The first-order chi connectivity index (χ1) is 22.2. The second-order valence-electron chi connectivity index (χ2n) is 13.4. The number of hydrogen-bond acceptors (Lipinski definition) is 9. The van der Waals surface area contributed by atoms with Gasteiger partial charge in [-0.2, -0.15) is 23.5 Å². The molecule has 4 fully saturated rings. The summed E-state index contributed by atoms with van der Waals surface area (Å²) in [7, 11) is 0. The Morgan fingerprint density at radius 2 is 1.93 bits per heavy atom. The van der Waals surface area contributed by atoms with Crippen molar-refractivity contribution in [1.82, 2.24) is 39.5 Å². The number of ether oxygens (including phenoxy) is 2. The lowest BCUT2D eigenvalue weighted by Gasteiger charge is -2.55. The Morgan fingerprint density at radius 3 is 2.65 bits per heavy atom. The maximum Gasteiger partial charge on any atom is 0.433 e. The van der Waals surface area contributed by atoms with Crippen LogP contribution in [0.15, 0.2) is 43.1 Å². The van der Waals surface area contributed by atoms with E-state index in [0.717, 1.165) is 80.6 Å². The van der Waals surface area contributed by atoms with E-state index in [-0.39, 0.29) is 23.4 Å². The molecule has 0 amide bonds. The summed E-state index contributed by atoms with van der Waals surface area (Å²) >= 11 is 0. The molecule has 0 bridgehead atoms. The summed E-state index contributed by atoms with van der Waals surface area (Å²) in [5.74, 6) is 0.0391. The predicted octanol–water partition coefficient (Wildman–Crippen LogP) is 4.38. The molecule has 14 heteroatoms. The fourth-order valence-corrected chi connectivity index (χ4v) is 7.67. The molecule has 11 nitrogen and oxygen atoms in total. The highest BCUT2D eigenvalue weighted by molar-refractivity contribution is 5.90. The number of likely N-dealkylation sites (tertiary alicyclic amines) is 2. The number of hydrogen-bond donors (Lipinski definition) is 1. The smallest absolute Gasteiger partial charge is 0.433 e. The number of nitrogens with zero attached hydrogens (tertiary/aromatic N) is 8. The largest absolute Gasteiger partial charge is 0.474 e. The molecule has 0 aromatic carbocycles. The van der Waals surface area contributed by atoms with E-state index in [1.54, 1.807) is 12.3 Å². The van der Waals surface area contributed by atoms with Gasteiger partial charge in [0.05, 0.1) is 43.1 Å². The molecule has 1 N–H and O–H groups in total. The average molecular weight is 634 g/mol. The Labute approximate surface area is 263 Å². The summed E-state index contributed by atoms with van der Waals surface area (Å²) in [6.07, 6.45) is 5.67. The van der Waals surface area contributed by atoms with Crippen LogP contribution in [0, 0.1) is 16.7 Å². The van der Waals surface area contributed by atoms with Crippen LogP contribution in [0.1, 0.15) is 43.4 Å². The van der Waals surface area contributed by atoms with Crippen molar-refractivity contribution in [1.29, 1.82) is 5.26 Å². The Morgan fingerprint density at radius 1 is 1.13 bits per heavy atom. The number of H-pyrrole nitrogens is 1. The van der Waals surface area contributed by atoms with E-state index in [1.807, 2.05) is 23.1 Å². The number of rotatable bonds is 8. The number of aromatic amines is 1. The van der Waals surface area contributed by atoms with Crippen molar-refractivity contribution in [2.75, 3.05) is 39.4 Å². The van der Waals surface area contributed by atoms with Gasteiger partial charge in [0.2, 0.25) is 5.88 Å². The van der Waals surface area contributed by atoms with E-state index in [4.69, 9.17) is 9.47 Å². The van der Waals surface area contributed by atoms with Crippen LogP contribution >= 0.6 is 0 Å². The molecule has 3 aliphatic heterocycles. The molecule has 3 saturated heterocycles. The number of alkyl halides is 3. The molecule has 7 heterocycles. The normalized spacial score (nSPS) is 25.1. The van der Waals surface area contributed by atoms with Gasteiger partial charge in [-0.1, -0.05) is 0 Å². The molecule has 8 rings (SSSR count). The topological polar surface area (TPSA) is 121 Å². The minimum Gasteiger partial charge on any atom is -0.474 e. The first-order valence-electron chi connectivity index (χ1n) is 15.7. The SMILES string of the molecule is N#CCC1(n2cc(-c3ncnc4[nH]ccc34)cn2)CC(N2CCC(Oc3cc(CN4CC5(COC5)C4)cc(C(F)(F)F)n3)CC2)C1. The summed E-state index contributed by atoms with van der Waals surface area (Å²) in [5.41, 5.74) is 1.87. The highest BCUT2D eigenvalue weighted by Gasteiger charge is 2.50. The van der Waals surface area contributed by atoms with Gasteiger partial charge in [-0.15, -0.1) is 0 Å². The summed E-state index contributed by atoms with van der Waals surface area (Å²) in [6, 6.07) is 7.39. The van der Waals surface area contributed by atoms with Crippen molar-refractivity contribution in [3.8, 4) is 23.2 Å². The Hall–Kier alpha value is -4.06. The maximum absolute atomic E-state index is 13.7. The number of aromatic nitrogens is 6. The quantitative estimate of drug-likeness (QED) is 0.301. The van der Waals surface area contributed by atoms with Gasteiger partial charge in [0, 0.05) is 73.6 Å². The molecule has 0 unspecified atom stereocenters. The van der Waals surface area contributed by atoms with Crippen LogP contribution in [-0.2, 0) is 23.0 Å². The fraction of sp³-hybridized carbons (Fsp3) is 0.531. The van der Waals surface area contributed by atoms with Crippen molar-refractivity contribution in [3.63, 3.8) is 0 Å². The van der Waals surface area contributed by atoms with E-state index in [2.05, 4.69) is 40.9 Å². The third kappa shape index (κ3) is 5.30. The molecule has 0 atom stereocenters. The van der Waals surface area contributed by atoms with Gasteiger partial charge < -0.3 is 14.5 Å². The van der Waals surface area contributed by atoms with E-state index in [1.165, 1.54) is 6.33 Å². The number of halogens is 3. The third-order valence-corrected chi connectivity index (χ3v) is 10.1. The van der Waals surface area contributed by atoms with Crippen LogP contribution in [-0.4, -0.2) is 91.1 Å². The minimum absolute atomic E-state index is 0.0391. The van der Waals surface area contributed by atoms with Gasteiger partial charge in [0.25, 0.3) is 0 Å². The lowest BCUT2D eigenvalue weighted by atomic mass is 9.69. The molecule has 1 aliphatic carbocycles. The predicted molar refractivity (Wildman–Crippen MR) is 159 cm³/mol. The number of nitriles is 1. The zero-order chi connectivity index (χ0) is 31.5. The van der Waals surface area contributed by atoms with Crippen LogP contribution in [0.2, 0.25) is 0 Å². The van der Waals surface area contributed by atoms with Gasteiger partial charge >= 0.3 is 6.18 Å². The Bertz CT molecular complexity index is 1770. The van der Waals surface area contributed by atoms with Gasteiger partial charge in [-0.05, 0) is 43.4 Å². The first kappa shape index (κ1) is 29.3. The van der Waals surface area contributed by atoms with Gasteiger partial charge in [-0.3, -0.25) is 14.5 Å². The average Bonchev–Trinajstić information content (AvgIpc) is 3.66. The summed E-state index contributed by atoms with van der Waals surface area (Å²) in [5, 5.41) is 15.3. The zero-order valence-electron chi connectivity index (χ0n) is 25.2.